The molecule has 1 aromatic carbocycles. The van der Waals surface area contributed by atoms with Crippen LogP contribution in [0, 0.1) is 11.3 Å². The van der Waals surface area contributed by atoms with Crippen molar-refractivity contribution in [2.45, 2.75) is 32.0 Å². The van der Waals surface area contributed by atoms with E-state index in [0.717, 1.165) is 12.8 Å². The zero-order valence-corrected chi connectivity index (χ0v) is 14.6. The number of hydrogen-bond acceptors (Lipinski definition) is 3. The molecule has 27 heavy (non-hydrogen) atoms. The second-order valence-electron chi connectivity index (χ2n) is 7.14. The molecule has 2 aliphatic rings. The standard InChI is InChI=1S/C18H21F3N2O4/c19-18(20,21)11-27-14-5-1-3-12(7-14)8-22-16(26)23-9-13-4-2-6-17(13,10-23)15(24)25/h1,3,5,7,13H,2,4,6,8-11H2,(H,22,26)(H,24,25)/t13-,17+/m0/s1. The molecule has 148 valence electrons. The fourth-order valence-electron chi connectivity index (χ4n) is 3.99. The van der Waals surface area contributed by atoms with E-state index in [4.69, 9.17) is 4.74 Å². The van der Waals surface area contributed by atoms with Crippen molar-refractivity contribution in [3.8, 4) is 5.75 Å². The summed E-state index contributed by atoms with van der Waals surface area (Å²) in [7, 11) is 0. The van der Waals surface area contributed by atoms with Crippen molar-refractivity contribution in [1.29, 1.82) is 0 Å². The molecule has 0 radical (unpaired) electrons. The summed E-state index contributed by atoms with van der Waals surface area (Å²) in [5.41, 5.74) is -0.252. The van der Waals surface area contributed by atoms with Gasteiger partial charge in [-0.2, -0.15) is 13.2 Å². The summed E-state index contributed by atoms with van der Waals surface area (Å²) >= 11 is 0. The Morgan fingerprint density at radius 3 is 2.81 bits per heavy atom. The molecule has 3 rings (SSSR count). The van der Waals surface area contributed by atoms with Crippen LogP contribution in [0.5, 0.6) is 5.75 Å². The maximum atomic E-state index is 12.4. The van der Waals surface area contributed by atoms with Crippen molar-refractivity contribution in [1.82, 2.24) is 10.2 Å². The lowest BCUT2D eigenvalue weighted by molar-refractivity contribution is -0.153. The molecule has 2 atom stereocenters. The van der Waals surface area contributed by atoms with Gasteiger partial charge < -0.3 is 20.1 Å². The van der Waals surface area contributed by atoms with Gasteiger partial charge in [0, 0.05) is 19.6 Å². The highest BCUT2D eigenvalue weighted by Gasteiger charge is 2.55. The maximum absolute atomic E-state index is 12.4. The topological polar surface area (TPSA) is 78.9 Å². The molecule has 1 aliphatic heterocycles. The van der Waals surface area contributed by atoms with E-state index in [1.807, 2.05) is 0 Å². The number of benzene rings is 1. The van der Waals surface area contributed by atoms with Crippen LogP contribution in [0.1, 0.15) is 24.8 Å². The highest BCUT2D eigenvalue weighted by molar-refractivity contribution is 5.80. The molecule has 0 unspecified atom stereocenters. The lowest BCUT2D eigenvalue weighted by Crippen LogP contribution is -2.41. The van der Waals surface area contributed by atoms with Gasteiger partial charge in [-0.05, 0) is 36.5 Å². The van der Waals surface area contributed by atoms with E-state index >= 15 is 0 Å². The van der Waals surface area contributed by atoms with Crippen LogP contribution in [0.25, 0.3) is 0 Å². The number of nitrogens with one attached hydrogen (secondary N) is 1. The van der Waals surface area contributed by atoms with Gasteiger partial charge in [0.2, 0.25) is 0 Å². The third-order valence-electron chi connectivity index (χ3n) is 5.33. The van der Waals surface area contributed by atoms with E-state index in [9.17, 15) is 27.9 Å². The fourth-order valence-corrected chi connectivity index (χ4v) is 3.99. The van der Waals surface area contributed by atoms with Crippen molar-refractivity contribution in [3.63, 3.8) is 0 Å². The van der Waals surface area contributed by atoms with Crippen LogP contribution in [-0.2, 0) is 11.3 Å². The highest BCUT2D eigenvalue weighted by Crippen LogP contribution is 2.48. The summed E-state index contributed by atoms with van der Waals surface area (Å²) in [5.74, 6) is -0.811. The van der Waals surface area contributed by atoms with Crippen LogP contribution in [0.2, 0.25) is 0 Å². The summed E-state index contributed by atoms with van der Waals surface area (Å²) in [6.07, 6.45) is -2.18. The van der Waals surface area contributed by atoms with E-state index < -0.39 is 24.2 Å². The average Bonchev–Trinajstić information content (AvgIpc) is 3.16. The third-order valence-corrected chi connectivity index (χ3v) is 5.33. The number of rotatable bonds is 5. The van der Waals surface area contributed by atoms with E-state index in [-0.39, 0.29) is 30.8 Å². The Morgan fingerprint density at radius 2 is 2.15 bits per heavy atom. The Labute approximate surface area is 154 Å². The molecule has 0 bridgehead atoms. The van der Waals surface area contributed by atoms with Crippen LogP contribution >= 0.6 is 0 Å². The van der Waals surface area contributed by atoms with Gasteiger partial charge in [0.05, 0.1) is 5.41 Å². The first kappa shape index (κ1) is 19.3. The fraction of sp³-hybridized carbons (Fsp3) is 0.556. The lowest BCUT2D eigenvalue weighted by Gasteiger charge is -2.23. The minimum Gasteiger partial charge on any atom is -0.484 e. The zero-order chi connectivity index (χ0) is 19.7. The summed E-state index contributed by atoms with van der Waals surface area (Å²) < 4.78 is 41.4. The molecule has 0 aromatic heterocycles. The Bertz CT molecular complexity index is 725. The number of likely N-dealkylation sites (tertiary alicyclic amines) is 1. The number of carboxylic acid groups (broad SMARTS) is 1. The average molecular weight is 386 g/mol. The summed E-state index contributed by atoms with van der Waals surface area (Å²) in [5, 5.41) is 12.3. The molecule has 1 aliphatic carbocycles. The summed E-state index contributed by atoms with van der Waals surface area (Å²) in [4.78, 5) is 25.6. The van der Waals surface area contributed by atoms with Crippen LogP contribution in [0.3, 0.4) is 0 Å². The van der Waals surface area contributed by atoms with Gasteiger partial charge in [-0.25, -0.2) is 4.79 Å². The second-order valence-corrected chi connectivity index (χ2v) is 7.14. The number of ether oxygens (including phenoxy) is 1. The number of carbonyl (C=O) groups is 2. The van der Waals surface area contributed by atoms with Gasteiger partial charge in [-0.3, -0.25) is 4.79 Å². The van der Waals surface area contributed by atoms with Crippen LogP contribution in [0.15, 0.2) is 24.3 Å². The van der Waals surface area contributed by atoms with Crippen LogP contribution in [0.4, 0.5) is 18.0 Å². The van der Waals surface area contributed by atoms with Crippen molar-refractivity contribution in [2.75, 3.05) is 19.7 Å². The van der Waals surface area contributed by atoms with Gasteiger partial charge in [0.25, 0.3) is 0 Å². The molecule has 6 nitrogen and oxygen atoms in total. The predicted molar refractivity (Wildman–Crippen MR) is 89.2 cm³/mol. The molecule has 1 saturated carbocycles. The molecule has 1 saturated heterocycles. The minimum absolute atomic E-state index is 0.0279. The van der Waals surface area contributed by atoms with Gasteiger partial charge in [0.1, 0.15) is 5.75 Å². The number of carbonyl (C=O) groups excluding carboxylic acids is 1. The van der Waals surface area contributed by atoms with Crippen molar-refractivity contribution in [3.05, 3.63) is 29.8 Å². The first-order valence-electron chi connectivity index (χ1n) is 8.74. The number of carboxylic acids is 1. The van der Waals surface area contributed by atoms with Gasteiger partial charge in [0.15, 0.2) is 6.61 Å². The summed E-state index contributed by atoms with van der Waals surface area (Å²) in [6, 6.07) is 5.69. The number of aliphatic carboxylic acids is 1. The van der Waals surface area contributed by atoms with Crippen LogP contribution in [-0.4, -0.2) is 47.9 Å². The van der Waals surface area contributed by atoms with Crippen LogP contribution < -0.4 is 10.1 Å². The number of halogens is 3. The largest absolute Gasteiger partial charge is 0.484 e. The monoisotopic (exact) mass is 386 g/mol. The van der Waals surface area contributed by atoms with E-state index in [1.54, 1.807) is 12.1 Å². The second kappa shape index (κ2) is 7.28. The van der Waals surface area contributed by atoms with Crippen molar-refractivity contribution in [2.24, 2.45) is 11.3 Å². The normalized spacial score (nSPS) is 24.6. The lowest BCUT2D eigenvalue weighted by atomic mass is 9.81. The number of urea groups is 1. The number of amides is 2. The zero-order valence-electron chi connectivity index (χ0n) is 14.6. The van der Waals surface area contributed by atoms with Gasteiger partial charge in [-0.1, -0.05) is 18.6 Å². The van der Waals surface area contributed by atoms with Crippen molar-refractivity contribution < 1.29 is 32.6 Å². The molecule has 2 amide bonds. The molecule has 2 N–H and O–H groups in total. The number of nitrogens with zero attached hydrogens (tertiary/aromatic N) is 1. The Hall–Kier alpha value is -2.45. The summed E-state index contributed by atoms with van der Waals surface area (Å²) in [6.45, 7) is -0.668. The van der Waals surface area contributed by atoms with E-state index in [0.29, 0.717) is 18.5 Å². The molecule has 2 fully saturated rings. The molecule has 1 aromatic rings. The van der Waals surface area contributed by atoms with Gasteiger partial charge >= 0.3 is 18.2 Å². The first-order valence-corrected chi connectivity index (χ1v) is 8.74. The van der Waals surface area contributed by atoms with Gasteiger partial charge in [-0.15, -0.1) is 0 Å². The number of fused-ring (bicyclic) bond motifs is 1. The molecule has 0 spiro atoms. The first-order chi connectivity index (χ1) is 12.7. The predicted octanol–water partition coefficient (Wildman–Crippen LogP) is 3.02. The molecular formula is C18H21F3N2O4. The molecule has 9 heteroatoms. The molecular weight excluding hydrogens is 365 g/mol. The minimum atomic E-state index is -4.42. The Morgan fingerprint density at radius 1 is 1.37 bits per heavy atom. The quantitative estimate of drug-likeness (QED) is 0.815. The third kappa shape index (κ3) is 4.28. The maximum Gasteiger partial charge on any atom is 0.422 e. The highest BCUT2D eigenvalue weighted by atomic mass is 19.4. The number of hydrogen-bond donors (Lipinski definition) is 2. The molecule has 1 heterocycles. The smallest absolute Gasteiger partial charge is 0.422 e. The van der Waals surface area contributed by atoms with Crippen molar-refractivity contribution >= 4 is 12.0 Å². The SMILES string of the molecule is O=C(NCc1cccc(OCC(F)(F)F)c1)N1C[C@@H]2CCC[C@@]2(C(=O)O)C1. The van der Waals surface area contributed by atoms with E-state index in [2.05, 4.69) is 5.32 Å². The Kier molecular flexibility index (Phi) is 5.21. The number of alkyl halides is 3. The Balaban J connectivity index is 1.55. The van der Waals surface area contributed by atoms with E-state index in [1.165, 1.54) is 17.0 Å².